The monoisotopic (exact) mass is 286 g/mol. The molecule has 9 heteroatoms. The van der Waals surface area contributed by atoms with Gasteiger partial charge in [-0.3, -0.25) is 0 Å². The van der Waals surface area contributed by atoms with Gasteiger partial charge in [-0.2, -0.15) is 4.98 Å². The summed E-state index contributed by atoms with van der Waals surface area (Å²) in [5.74, 6) is 1.09. The summed E-state index contributed by atoms with van der Waals surface area (Å²) in [6, 6.07) is 3.03. The third kappa shape index (κ3) is 3.63. The molecule has 104 valence electrons. The second kappa shape index (κ2) is 5.95. The highest BCUT2D eigenvalue weighted by atomic mass is 32.2. The molecule has 8 nitrogen and oxygen atoms in total. The Labute approximate surface area is 110 Å². The van der Waals surface area contributed by atoms with Gasteiger partial charge in [0.2, 0.25) is 11.0 Å². The van der Waals surface area contributed by atoms with Crippen LogP contribution in [0.5, 0.6) is 0 Å². The molecule has 0 radical (unpaired) electrons. The molecule has 0 saturated heterocycles. The number of hydrogen-bond donors (Lipinski definition) is 2. The van der Waals surface area contributed by atoms with E-state index in [1.807, 2.05) is 0 Å². The molecular formula is C10H14N4O4S. The van der Waals surface area contributed by atoms with Crippen LogP contribution >= 0.6 is 0 Å². The van der Waals surface area contributed by atoms with Crippen LogP contribution in [0.15, 0.2) is 32.5 Å². The van der Waals surface area contributed by atoms with Gasteiger partial charge in [0.1, 0.15) is 5.76 Å². The Balaban J connectivity index is 1.81. The molecule has 0 fully saturated rings. The standard InChI is InChI=1S/C10H14N4O4S/c1-11-19(15,16)10-3-2-8(17-10)6-12-5-4-9-13-7-14-18-9/h2-3,7,11-12H,4-6H2,1H3. The molecule has 0 aliphatic carbocycles. The van der Waals surface area contributed by atoms with Crippen molar-refractivity contribution in [2.75, 3.05) is 13.6 Å². The number of nitrogens with zero attached hydrogens (tertiary/aromatic N) is 2. The Bertz CT molecular complexity index is 605. The van der Waals surface area contributed by atoms with Gasteiger partial charge in [0.15, 0.2) is 6.33 Å². The minimum atomic E-state index is -3.52. The summed E-state index contributed by atoms with van der Waals surface area (Å²) in [6.07, 6.45) is 1.94. The van der Waals surface area contributed by atoms with Crippen LogP contribution in [0.1, 0.15) is 11.7 Å². The fraction of sp³-hybridized carbons (Fsp3) is 0.400. The topological polar surface area (TPSA) is 110 Å². The summed E-state index contributed by atoms with van der Waals surface area (Å²) in [6.45, 7) is 1.05. The number of furan rings is 1. The second-order valence-corrected chi connectivity index (χ2v) is 5.51. The highest BCUT2D eigenvalue weighted by molar-refractivity contribution is 7.89. The molecule has 0 saturated carbocycles. The smallest absolute Gasteiger partial charge is 0.273 e. The van der Waals surface area contributed by atoms with Crippen LogP contribution < -0.4 is 10.0 Å². The normalized spacial score (nSPS) is 11.8. The van der Waals surface area contributed by atoms with E-state index >= 15 is 0 Å². The molecule has 2 aromatic heterocycles. The van der Waals surface area contributed by atoms with Gasteiger partial charge < -0.3 is 14.3 Å². The zero-order chi connectivity index (χ0) is 13.7. The SMILES string of the molecule is CNS(=O)(=O)c1ccc(CNCCc2ncno2)o1. The van der Waals surface area contributed by atoms with Gasteiger partial charge in [-0.1, -0.05) is 5.16 Å². The van der Waals surface area contributed by atoms with Gasteiger partial charge in [0.05, 0.1) is 6.54 Å². The van der Waals surface area contributed by atoms with Gasteiger partial charge in [0, 0.05) is 13.0 Å². The van der Waals surface area contributed by atoms with Crippen molar-refractivity contribution in [1.82, 2.24) is 20.2 Å². The van der Waals surface area contributed by atoms with Crippen LogP contribution in [0.4, 0.5) is 0 Å². The van der Waals surface area contributed by atoms with Crippen molar-refractivity contribution in [2.45, 2.75) is 18.1 Å². The van der Waals surface area contributed by atoms with Crippen LogP contribution in [0.25, 0.3) is 0 Å². The molecule has 2 aromatic rings. The van der Waals surface area contributed by atoms with Crippen molar-refractivity contribution in [1.29, 1.82) is 0 Å². The lowest BCUT2D eigenvalue weighted by Crippen LogP contribution is -2.18. The number of nitrogens with one attached hydrogen (secondary N) is 2. The summed E-state index contributed by atoms with van der Waals surface area (Å²) in [5, 5.41) is 6.48. The first-order valence-electron chi connectivity index (χ1n) is 5.60. The van der Waals surface area contributed by atoms with E-state index in [0.717, 1.165) is 0 Å². The molecule has 2 heterocycles. The predicted octanol–water partition coefficient (Wildman–Crippen LogP) is -0.0970. The molecule has 2 rings (SSSR count). The van der Waals surface area contributed by atoms with Crippen molar-refractivity contribution >= 4 is 10.0 Å². The van der Waals surface area contributed by atoms with Crippen LogP contribution in [0.2, 0.25) is 0 Å². The van der Waals surface area contributed by atoms with E-state index in [9.17, 15) is 8.42 Å². The van der Waals surface area contributed by atoms with Crippen LogP contribution in [-0.2, 0) is 23.0 Å². The fourth-order valence-corrected chi connectivity index (χ4v) is 2.08. The fourth-order valence-electron chi connectivity index (χ4n) is 1.41. The number of aromatic nitrogens is 2. The highest BCUT2D eigenvalue weighted by Crippen LogP contribution is 2.13. The van der Waals surface area contributed by atoms with Gasteiger partial charge in [-0.15, -0.1) is 0 Å². The Hall–Kier alpha value is -1.71. The highest BCUT2D eigenvalue weighted by Gasteiger charge is 2.15. The Kier molecular flexibility index (Phi) is 4.30. The summed E-state index contributed by atoms with van der Waals surface area (Å²) in [7, 11) is -2.19. The van der Waals surface area contributed by atoms with E-state index in [-0.39, 0.29) is 5.09 Å². The minimum Gasteiger partial charge on any atom is -0.447 e. The molecule has 0 spiro atoms. The largest absolute Gasteiger partial charge is 0.447 e. The van der Waals surface area contributed by atoms with Crippen LogP contribution in [0.3, 0.4) is 0 Å². The first kappa shape index (κ1) is 13.7. The van der Waals surface area contributed by atoms with Crippen LogP contribution in [-0.4, -0.2) is 32.2 Å². The van der Waals surface area contributed by atoms with E-state index in [0.29, 0.717) is 31.2 Å². The lowest BCUT2D eigenvalue weighted by molar-refractivity contribution is 0.370. The minimum absolute atomic E-state index is 0.0938. The van der Waals surface area contributed by atoms with Gasteiger partial charge in [0.25, 0.3) is 10.0 Å². The molecular weight excluding hydrogens is 272 g/mol. The van der Waals surface area contributed by atoms with Crippen molar-refractivity contribution in [3.63, 3.8) is 0 Å². The van der Waals surface area contributed by atoms with Crippen molar-refractivity contribution in [3.8, 4) is 0 Å². The van der Waals surface area contributed by atoms with Crippen molar-refractivity contribution < 1.29 is 17.4 Å². The second-order valence-electron chi connectivity index (χ2n) is 3.69. The van der Waals surface area contributed by atoms with Crippen molar-refractivity contribution in [3.05, 3.63) is 30.1 Å². The van der Waals surface area contributed by atoms with E-state index in [1.54, 1.807) is 6.07 Å². The molecule has 0 aliphatic rings. The molecule has 0 unspecified atom stereocenters. The molecule has 0 amide bonds. The Morgan fingerprint density at radius 1 is 1.37 bits per heavy atom. The van der Waals surface area contributed by atoms with Gasteiger partial charge in [-0.25, -0.2) is 13.1 Å². The molecule has 19 heavy (non-hydrogen) atoms. The average Bonchev–Trinajstić information content (AvgIpc) is 3.06. The first-order valence-corrected chi connectivity index (χ1v) is 7.08. The molecule has 0 bridgehead atoms. The number of sulfonamides is 1. The summed E-state index contributed by atoms with van der Waals surface area (Å²) >= 11 is 0. The Morgan fingerprint density at radius 3 is 2.89 bits per heavy atom. The van der Waals surface area contributed by atoms with E-state index in [1.165, 1.54) is 19.4 Å². The quantitative estimate of drug-likeness (QED) is 0.684. The number of rotatable bonds is 7. The predicted molar refractivity (Wildman–Crippen MR) is 64.7 cm³/mol. The zero-order valence-electron chi connectivity index (χ0n) is 10.3. The third-order valence-electron chi connectivity index (χ3n) is 2.39. The van der Waals surface area contributed by atoms with E-state index in [2.05, 4.69) is 20.2 Å². The van der Waals surface area contributed by atoms with Crippen molar-refractivity contribution in [2.24, 2.45) is 0 Å². The number of hydrogen-bond acceptors (Lipinski definition) is 7. The van der Waals surface area contributed by atoms with E-state index < -0.39 is 10.0 Å². The average molecular weight is 286 g/mol. The van der Waals surface area contributed by atoms with Gasteiger partial charge >= 0.3 is 0 Å². The maximum absolute atomic E-state index is 11.4. The maximum atomic E-state index is 11.4. The molecule has 0 aromatic carbocycles. The van der Waals surface area contributed by atoms with E-state index in [4.69, 9.17) is 8.94 Å². The lowest BCUT2D eigenvalue weighted by atomic mass is 10.4. The first-order chi connectivity index (χ1) is 9.12. The lowest BCUT2D eigenvalue weighted by Gasteiger charge is -2.00. The van der Waals surface area contributed by atoms with Crippen LogP contribution in [0, 0.1) is 0 Å². The Morgan fingerprint density at radius 2 is 2.21 bits per heavy atom. The van der Waals surface area contributed by atoms with Gasteiger partial charge in [-0.05, 0) is 19.2 Å². The zero-order valence-corrected chi connectivity index (χ0v) is 11.1. The summed E-state index contributed by atoms with van der Waals surface area (Å²) in [4.78, 5) is 3.88. The summed E-state index contributed by atoms with van der Waals surface area (Å²) in [5.41, 5.74) is 0. The third-order valence-corrected chi connectivity index (χ3v) is 3.68. The summed E-state index contributed by atoms with van der Waals surface area (Å²) < 4.78 is 35.1. The molecule has 0 aliphatic heterocycles. The molecule has 0 atom stereocenters. The molecule has 2 N–H and O–H groups in total. The maximum Gasteiger partial charge on any atom is 0.273 e.